The minimum atomic E-state index is 0.274. The summed E-state index contributed by atoms with van der Waals surface area (Å²) in [4.78, 5) is 18.8. The second-order valence-corrected chi connectivity index (χ2v) is 6.69. The Morgan fingerprint density at radius 3 is 2.83 bits per heavy atom. The molecule has 4 heteroatoms. The Morgan fingerprint density at radius 2 is 2.13 bits per heavy atom. The van der Waals surface area contributed by atoms with E-state index in [-0.39, 0.29) is 5.91 Å². The number of hydrogen-bond donors (Lipinski definition) is 0. The fourth-order valence-corrected chi connectivity index (χ4v) is 3.82. The van der Waals surface area contributed by atoms with Crippen molar-refractivity contribution in [2.45, 2.75) is 38.0 Å². The molecule has 1 aliphatic heterocycles. The van der Waals surface area contributed by atoms with Crippen molar-refractivity contribution < 1.29 is 9.53 Å². The van der Waals surface area contributed by atoms with Gasteiger partial charge in [-0.3, -0.25) is 9.78 Å². The first-order chi connectivity index (χ1) is 11.3. The Hall–Kier alpha value is -1.68. The van der Waals surface area contributed by atoms with Crippen molar-refractivity contribution in [2.75, 3.05) is 26.8 Å². The van der Waals surface area contributed by atoms with Gasteiger partial charge in [-0.1, -0.05) is 11.6 Å². The van der Waals surface area contributed by atoms with E-state index >= 15 is 0 Å². The number of rotatable bonds is 5. The molecule has 1 aliphatic carbocycles. The monoisotopic (exact) mass is 314 g/mol. The number of nitrogens with zero attached hydrogens (tertiary/aromatic N) is 2. The van der Waals surface area contributed by atoms with Gasteiger partial charge in [0.05, 0.1) is 6.61 Å². The normalized spacial score (nSPS) is 24.6. The van der Waals surface area contributed by atoms with Gasteiger partial charge < -0.3 is 9.64 Å². The highest BCUT2D eigenvalue weighted by Crippen LogP contribution is 2.33. The second kappa shape index (κ2) is 7.73. The summed E-state index contributed by atoms with van der Waals surface area (Å²) >= 11 is 0. The van der Waals surface area contributed by atoms with Gasteiger partial charge in [0.15, 0.2) is 0 Å². The van der Waals surface area contributed by atoms with Crippen LogP contribution in [-0.4, -0.2) is 42.6 Å². The molecule has 1 aromatic rings. The molecule has 0 unspecified atom stereocenters. The molecule has 0 spiro atoms. The number of methoxy groups -OCH3 is 1. The maximum atomic E-state index is 12.7. The zero-order chi connectivity index (χ0) is 16.1. The van der Waals surface area contributed by atoms with Gasteiger partial charge in [0, 0.05) is 50.8 Å². The lowest BCUT2D eigenvalue weighted by atomic mass is 9.90. The van der Waals surface area contributed by atoms with E-state index < -0.39 is 0 Å². The van der Waals surface area contributed by atoms with Crippen LogP contribution in [0.2, 0.25) is 0 Å². The van der Waals surface area contributed by atoms with Crippen LogP contribution in [0.5, 0.6) is 0 Å². The molecule has 3 rings (SSSR count). The number of carbonyl (C=O) groups excluding carboxylic acids is 1. The lowest BCUT2D eigenvalue weighted by Gasteiger charge is -2.19. The van der Waals surface area contributed by atoms with E-state index in [0.717, 1.165) is 25.9 Å². The summed E-state index contributed by atoms with van der Waals surface area (Å²) in [5, 5.41) is 0. The number of likely N-dealkylation sites (tertiary alicyclic amines) is 1. The molecule has 0 saturated carbocycles. The molecule has 1 aromatic heterocycles. The minimum absolute atomic E-state index is 0.274. The summed E-state index contributed by atoms with van der Waals surface area (Å²) in [5.74, 6) is 0.990. The molecular formula is C19H26N2O2. The second-order valence-electron chi connectivity index (χ2n) is 6.69. The van der Waals surface area contributed by atoms with E-state index in [1.807, 2.05) is 17.3 Å². The Balaban J connectivity index is 1.67. The van der Waals surface area contributed by atoms with Crippen molar-refractivity contribution in [3.8, 4) is 0 Å². The quantitative estimate of drug-likeness (QED) is 0.784. The number of aromatic nitrogens is 1. The molecule has 1 amide bonds. The van der Waals surface area contributed by atoms with E-state index in [4.69, 9.17) is 4.74 Å². The first-order valence-corrected chi connectivity index (χ1v) is 8.62. The van der Waals surface area contributed by atoms with Gasteiger partial charge in [-0.15, -0.1) is 0 Å². The van der Waals surface area contributed by atoms with E-state index in [2.05, 4.69) is 23.2 Å². The average Bonchev–Trinajstić information content (AvgIpc) is 3.01. The number of amides is 1. The van der Waals surface area contributed by atoms with Crippen LogP contribution in [-0.2, 0) is 9.53 Å². The predicted octanol–water partition coefficient (Wildman–Crippen LogP) is 3.16. The number of allylic oxidation sites excluding steroid dienone is 1. The first-order valence-electron chi connectivity index (χ1n) is 8.62. The van der Waals surface area contributed by atoms with Crippen LogP contribution < -0.4 is 0 Å². The molecule has 2 aliphatic rings. The number of ether oxygens (including phenoxy) is 1. The fraction of sp³-hybridized carbons (Fsp3) is 0.579. The SMILES string of the molecule is COC[C@@H]1CN(C(=O)CC2=CCCCC2)C[C@H]1c1ccncc1. The van der Waals surface area contributed by atoms with Crippen molar-refractivity contribution in [3.63, 3.8) is 0 Å². The number of carbonyl (C=O) groups is 1. The lowest BCUT2D eigenvalue weighted by molar-refractivity contribution is -0.129. The number of hydrogen-bond acceptors (Lipinski definition) is 3. The maximum absolute atomic E-state index is 12.7. The van der Waals surface area contributed by atoms with Crippen molar-refractivity contribution in [1.82, 2.24) is 9.88 Å². The Morgan fingerprint density at radius 1 is 1.30 bits per heavy atom. The summed E-state index contributed by atoms with van der Waals surface area (Å²) in [6.07, 6.45) is 11.2. The molecule has 2 heterocycles. The third-order valence-electron chi connectivity index (χ3n) is 5.07. The van der Waals surface area contributed by atoms with Crippen LogP contribution in [0, 0.1) is 5.92 Å². The molecule has 0 N–H and O–H groups in total. The Labute approximate surface area is 138 Å². The van der Waals surface area contributed by atoms with Gasteiger partial charge in [-0.25, -0.2) is 0 Å². The molecule has 1 fully saturated rings. The van der Waals surface area contributed by atoms with Gasteiger partial charge in [0.2, 0.25) is 5.91 Å². The third-order valence-corrected chi connectivity index (χ3v) is 5.07. The number of pyridine rings is 1. The zero-order valence-electron chi connectivity index (χ0n) is 13.9. The smallest absolute Gasteiger partial charge is 0.226 e. The summed E-state index contributed by atoms with van der Waals surface area (Å²) in [5.41, 5.74) is 2.59. The van der Waals surface area contributed by atoms with E-state index in [9.17, 15) is 4.79 Å². The molecule has 0 aromatic carbocycles. The van der Waals surface area contributed by atoms with Crippen LogP contribution >= 0.6 is 0 Å². The van der Waals surface area contributed by atoms with E-state index in [1.54, 1.807) is 7.11 Å². The first kappa shape index (κ1) is 16.2. The summed E-state index contributed by atoms with van der Waals surface area (Å²) in [6.45, 7) is 2.29. The standard InChI is InChI=1S/C19H26N2O2/c1-23-14-17-12-21(13-18(17)16-7-9-20-10-8-16)19(22)11-15-5-3-2-4-6-15/h5,7-10,17-18H,2-4,6,11-14H2,1H3/t17-,18-/m0/s1. The van der Waals surface area contributed by atoms with E-state index in [1.165, 1.54) is 24.0 Å². The van der Waals surface area contributed by atoms with Crippen LogP contribution in [0.25, 0.3) is 0 Å². The van der Waals surface area contributed by atoms with Gasteiger partial charge in [0.25, 0.3) is 0 Å². The fourth-order valence-electron chi connectivity index (χ4n) is 3.82. The highest BCUT2D eigenvalue weighted by Gasteiger charge is 2.36. The summed E-state index contributed by atoms with van der Waals surface area (Å²) in [7, 11) is 1.74. The molecular weight excluding hydrogens is 288 g/mol. The van der Waals surface area contributed by atoms with Gasteiger partial charge >= 0.3 is 0 Å². The topological polar surface area (TPSA) is 42.4 Å². The van der Waals surface area contributed by atoms with Crippen LogP contribution in [0.15, 0.2) is 36.2 Å². The molecule has 0 radical (unpaired) electrons. The van der Waals surface area contributed by atoms with Gasteiger partial charge in [0.1, 0.15) is 0 Å². The molecule has 23 heavy (non-hydrogen) atoms. The van der Waals surface area contributed by atoms with Crippen LogP contribution in [0.3, 0.4) is 0 Å². The molecule has 4 nitrogen and oxygen atoms in total. The third kappa shape index (κ3) is 3.99. The Kier molecular flexibility index (Phi) is 5.44. The van der Waals surface area contributed by atoms with Crippen molar-refractivity contribution in [1.29, 1.82) is 0 Å². The molecule has 124 valence electrons. The van der Waals surface area contributed by atoms with E-state index in [0.29, 0.717) is 24.9 Å². The van der Waals surface area contributed by atoms with Gasteiger partial charge in [-0.2, -0.15) is 0 Å². The summed E-state index contributed by atoms with van der Waals surface area (Å²) < 4.78 is 5.39. The van der Waals surface area contributed by atoms with Gasteiger partial charge in [-0.05, 0) is 43.4 Å². The van der Waals surface area contributed by atoms with Crippen molar-refractivity contribution >= 4 is 5.91 Å². The van der Waals surface area contributed by atoms with Crippen molar-refractivity contribution in [2.24, 2.45) is 5.92 Å². The molecule has 1 saturated heterocycles. The predicted molar refractivity (Wildman–Crippen MR) is 90.1 cm³/mol. The molecule has 2 atom stereocenters. The van der Waals surface area contributed by atoms with Crippen LogP contribution in [0.1, 0.15) is 43.6 Å². The molecule has 0 bridgehead atoms. The highest BCUT2D eigenvalue weighted by atomic mass is 16.5. The van der Waals surface area contributed by atoms with Crippen molar-refractivity contribution in [3.05, 3.63) is 41.7 Å². The highest BCUT2D eigenvalue weighted by molar-refractivity contribution is 5.79. The lowest BCUT2D eigenvalue weighted by Crippen LogP contribution is -2.29. The largest absolute Gasteiger partial charge is 0.384 e. The maximum Gasteiger partial charge on any atom is 0.226 e. The van der Waals surface area contributed by atoms with Crippen LogP contribution in [0.4, 0.5) is 0 Å². The summed E-state index contributed by atoms with van der Waals surface area (Å²) in [6, 6.07) is 4.12. The minimum Gasteiger partial charge on any atom is -0.384 e. The average molecular weight is 314 g/mol. The Bertz CT molecular complexity index is 556. The zero-order valence-corrected chi connectivity index (χ0v) is 13.9.